The van der Waals surface area contributed by atoms with Crippen molar-refractivity contribution in [1.29, 1.82) is 0 Å². The largest absolute Gasteiger partial charge is 0.396 e. The van der Waals surface area contributed by atoms with E-state index in [9.17, 15) is 9.50 Å². The Labute approximate surface area is 127 Å². The number of aliphatic hydroxyl groups is 1. The first-order valence-electron chi connectivity index (χ1n) is 8.05. The molecular formula is C17H27FN2O. The molecule has 0 aromatic heterocycles. The molecule has 0 bridgehead atoms. The van der Waals surface area contributed by atoms with Gasteiger partial charge in [0.2, 0.25) is 0 Å². The van der Waals surface area contributed by atoms with Crippen molar-refractivity contribution in [2.75, 3.05) is 32.8 Å². The van der Waals surface area contributed by atoms with E-state index >= 15 is 0 Å². The van der Waals surface area contributed by atoms with Crippen LogP contribution in [0.15, 0.2) is 24.3 Å². The van der Waals surface area contributed by atoms with E-state index < -0.39 is 0 Å². The van der Waals surface area contributed by atoms with Crippen LogP contribution in [0.4, 0.5) is 4.39 Å². The fourth-order valence-corrected chi connectivity index (χ4v) is 3.03. The maximum absolute atomic E-state index is 13.0. The van der Waals surface area contributed by atoms with Crippen molar-refractivity contribution in [1.82, 2.24) is 10.2 Å². The number of nitrogens with zero attached hydrogens (tertiary/aromatic N) is 1. The lowest BCUT2D eigenvalue weighted by Crippen LogP contribution is -2.37. The SMILES string of the molecule is CCNC(CCN1CCC(CO)CC1)c1ccc(F)cc1. The van der Waals surface area contributed by atoms with Gasteiger partial charge in [-0.2, -0.15) is 0 Å². The molecule has 118 valence electrons. The average Bonchev–Trinajstić information content (AvgIpc) is 2.53. The van der Waals surface area contributed by atoms with E-state index in [0.717, 1.165) is 51.0 Å². The molecule has 0 radical (unpaired) electrons. The number of hydrogen-bond acceptors (Lipinski definition) is 3. The average molecular weight is 294 g/mol. The lowest BCUT2D eigenvalue weighted by molar-refractivity contribution is 0.128. The van der Waals surface area contributed by atoms with Crippen LogP contribution in [0.25, 0.3) is 0 Å². The predicted octanol–water partition coefficient (Wildman–Crippen LogP) is 2.57. The molecule has 1 aliphatic heterocycles. The van der Waals surface area contributed by atoms with Crippen LogP contribution in [0.3, 0.4) is 0 Å². The van der Waals surface area contributed by atoms with E-state index in [0.29, 0.717) is 12.5 Å². The van der Waals surface area contributed by atoms with Crippen LogP contribution >= 0.6 is 0 Å². The summed E-state index contributed by atoms with van der Waals surface area (Å²) in [5, 5.41) is 12.7. The Kier molecular flexibility index (Phi) is 6.61. The van der Waals surface area contributed by atoms with Crippen LogP contribution in [-0.2, 0) is 0 Å². The summed E-state index contributed by atoms with van der Waals surface area (Å²) in [6, 6.07) is 7.10. The quantitative estimate of drug-likeness (QED) is 0.811. The topological polar surface area (TPSA) is 35.5 Å². The zero-order valence-electron chi connectivity index (χ0n) is 12.9. The Bertz CT molecular complexity index is 402. The molecule has 0 spiro atoms. The predicted molar refractivity (Wildman–Crippen MR) is 83.7 cm³/mol. The Morgan fingerprint density at radius 2 is 1.95 bits per heavy atom. The minimum Gasteiger partial charge on any atom is -0.396 e. The van der Waals surface area contributed by atoms with Gasteiger partial charge in [-0.1, -0.05) is 19.1 Å². The van der Waals surface area contributed by atoms with Crippen molar-refractivity contribution in [2.24, 2.45) is 5.92 Å². The summed E-state index contributed by atoms with van der Waals surface area (Å²) in [5.41, 5.74) is 1.16. The number of piperidine rings is 1. The molecule has 1 aliphatic rings. The van der Waals surface area contributed by atoms with E-state index in [1.165, 1.54) is 12.1 Å². The molecule has 2 N–H and O–H groups in total. The molecule has 1 heterocycles. The van der Waals surface area contributed by atoms with Crippen LogP contribution in [0, 0.1) is 11.7 Å². The summed E-state index contributed by atoms with van der Waals surface area (Å²) in [6.07, 6.45) is 3.22. The number of rotatable bonds is 7. The second-order valence-corrected chi connectivity index (χ2v) is 5.92. The molecule has 1 saturated heterocycles. The number of likely N-dealkylation sites (tertiary alicyclic amines) is 1. The lowest BCUT2D eigenvalue weighted by atomic mass is 9.97. The fourth-order valence-electron chi connectivity index (χ4n) is 3.03. The van der Waals surface area contributed by atoms with Crippen LogP contribution in [-0.4, -0.2) is 42.8 Å². The first-order chi connectivity index (χ1) is 10.2. The summed E-state index contributed by atoms with van der Waals surface area (Å²) in [7, 11) is 0. The number of aliphatic hydroxyl groups excluding tert-OH is 1. The smallest absolute Gasteiger partial charge is 0.123 e. The second-order valence-electron chi connectivity index (χ2n) is 5.92. The minimum absolute atomic E-state index is 0.180. The third-order valence-corrected chi connectivity index (χ3v) is 4.42. The van der Waals surface area contributed by atoms with E-state index in [1.54, 1.807) is 0 Å². The van der Waals surface area contributed by atoms with Gasteiger partial charge < -0.3 is 15.3 Å². The second kappa shape index (κ2) is 8.47. The van der Waals surface area contributed by atoms with Gasteiger partial charge >= 0.3 is 0 Å². The molecule has 1 fully saturated rings. The van der Waals surface area contributed by atoms with Gasteiger partial charge in [-0.25, -0.2) is 4.39 Å². The molecule has 1 atom stereocenters. The standard InChI is InChI=1S/C17H27FN2O/c1-2-19-17(15-3-5-16(18)6-4-15)9-12-20-10-7-14(13-21)8-11-20/h3-6,14,17,19,21H,2,7-13H2,1H3. The van der Waals surface area contributed by atoms with Crippen LogP contribution < -0.4 is 5.32 Å². The normalized spacial score (nSPS) is 18.8. The van der Waals surface area contributed by atoms with E-state index in [1.807, 2.05) is 12.1 Å². The minimum atomic E-state index is -0.180. The van der Waals surface area contributed by atoms with E-state index in [4.69, 9.17) is 0 Å². The zero-order valence-corrected chi connectivity index (χ0v) is 12.9. The van der Waals surface area contributed by atoms with Gasteiger partial charge in [0.25, 0.3) is 0 Å². The Balaban J connectivity index is 1.84. The molecule has 3 nitrogen and oxygen atoms in total. The number of benzene rings is 1. The van der Waals surface area contributed by atoms with Gasteiger partial charge in [-0.15, -0.1) is 0 Å². The van der Waals surface area contributed by atoms with Crippen molar-refractivity contribution in [2.45, 2.75) is 32.2 Å². The molecule has 1 aromatic rings. The van der Waals surface area contributed by atoms with Crippen molar-refractivity contribution >= 4 is 0 Å². The van der Waals surface area contributed by atoms with Crippen molar-refractivity contribution in [3.63, 3.8) is 0 Å². The molecule has 0 aliphatic carbocycles. The summed E-state index contributed by atoms with van der Waals surface area (Å²) >= 11 is 0. The summed E-state index contributed by atoms with van der Waals surface area (Å²) in [4.78, 5) is 2.47. The first kappa shape index (κ1) is 16.4. The van der Waals surface area contributed by atoms with Crippen molar-refractivity contribution in [3.8, 4) is 0 Å². The molecule has 4 heteroatoms. The van der Waals surface area contributed by atoms with Crippen molar-refractivity contribution < 1.29 is 9.50 Å². The molecule has 0 saturated carbocycles. The maximum atomic E-state index is 13.0. The summed E-state index contributed by atoms with van der Waals surface area (Å²) in [6.45, 7) is 6.54. The fraction of sp³-hybridized carbons (Fsp3) is 0.647. The first-order valence-corrected chi connectivity index (χ1v) is 8.05. The molecule has 1 unspecified atom stereocenters. The molecule has 1 aromatic carbocycles. The number of halogens is 1. The Morgan fingerprint density at radius 3 is 2.52 bits per heavy atom. The Hall–Kier alpha value is -0.970. The van der Waals surface area contributed by atoms with Gasteiger partial charge in [-0.05, 0) is 69.1 Å². The molecule has 0 amide bonds. The van der Waals surface area contributed by atoms with E-state index in [2.05, 4.69) is 17.1 Å². The Morgan fingerprint density at radius 1 is 1.29 bits per heavy atom. The monoisotopic (exact) mass is 294 g/mol. The van der Waals surface area contributed by atoms with Gasteiger partial charge in [-0.3, -0.25) is 0 Å². The maximum Gasteiger partial charge on any atom is 0.123 e. The highest BCUT2D eigenvalue weighted by Crippen LogP contribution is 2.21. The van der Waals surface area contributed by atoms with Gasteiger partial charge in [0.1, 0.15) is 5.82 Å². The number of nitrogens with one attached hydrogen (secondary N) is 1. The van der Waals surface area contributed by atoms with Gasteiger partial charge in [0.05, 0.1) is 0 Å². The van der Waals surface area contributed by atoms with Crippen molar-refractivity contribution in [3.05, 3.63) is 35.6 Å². The summed E-state index contributed by atoms with van der Waals surface area (Å²) < 4.78 is 13.0. The molecule has 2 rings (SSSR count). The van der Waals surface area contributed by atoms with Crippen LogP contribution in [0.2, 0.25) is 0 Å². The highest BCUT2D eigenvalue weighted by atomic mass is 19.1. The van der Waals surface area contributed by atoms with E-state index in [-0.39, 0.29) is 11.9 Å². The highest BCUT2D eigenvalue weighted by Gasteiger charge is 2.19. The third kappa shape index (κ3) is 5.06. The highest BCUT2D eigenvalue weighted by molar-refractivity contribution is 5.19. The van der Waals surface area contributed by atoms with Crippen LogP contribution in [0.5, 0.6) is 0 Å². The van der Waals surface area contributed by atoms with Gasteiger partial charge in [0.15, 0.2) is 0 Å². The molecule has 21 heavy (non-hydrogen) atoms. The van der Waals surface area contributed by atoms with Crippen LogP contribution in [0.1, 0.15) is 37.8 Å². The lowest BCUT2D eigenvalue weighted by Gasteiger charge is -2.32. The summed E-state index contributed by atoms with van der Waals surface area (Å²) in [5.74, 6) is 0.308. The zero-order chi connectivity index (χ0) is 15.1. The molecular weight excluding hydrogens is 267 g/mol. The van der Waals surface area contributed by atoms with Gasteiger partial charge in [0, 0.05) is 12.6 Å². The third-order valence-electron chi connectivity index (χ3n) is 4.42. The number of hydrogen-bond donors (Lipinski definition) is 2.